The quantitative estimate of drug-likeness (QED) is 0.366. The summed E-state index contributed by atoms with van der Waals surface area (Å²) in [6.45, 7) is 1.96. The van der Waals surface area contributed by atoms with E-state index in [4.69, 9.17) is 20.1 Å². The summed E-state index contributed by atoms with van der Waals surface area (Å²) in [7, 11) is 3.34. The smallest absolute Gasteiger partial charge is 0.118 e. The van der Waals surface area contributed by atoms with E-state index < -0.39 is 0 Å². The summed E-state index contributed by atoms with van der Waals surface area (Å²) >= 11 is 0. The first-order valence-electron chi connectivity index (χ1n) is 6.96. The van der Waals surface area contributed by atoms with Gasteiger partial charge in [0.05, 0.1) is 20.3 Å². The number of nitrogens with two attached hydrogens (primary N) is 1. The fraction of sp³-hybridized carbons (Fsp3) is 0.600. The summed E-state index contributed by atoms with van der Waals surface area (Å²) in [5, 5.41) is 0. The number of nitrogens with one attached hydrogen (secondary N) is 1. The number of ether oxygens (including phenoxy) is 3. The highest BCUT2D eigenvalue weighted by atomic mass is 16.5. The Labute approximate surface area is 121 Å². The molecule has 20 heavy (non-hydrogen) atoms. The normalized spacial score (nSPS) is 12.3. The van der Waals surface area contributed by atoms with Crippen LogP contribution < -0.4 is 16.0 Å². The molecular formula is C15H26N2O3. The van der Waals surface area contributed by atoms with Gasteiger partial charge in [-0.15, -0.1) is 0 Å². The second-order valence-corrected chi connectivity index (χ2v) is 4.64. The van der Waals surface area contributed by atoms with E-state index in [0.29, 0.717) is 19.8 Å². The van der Waals surface area contributed by atoms with Crippen LogP contribution in [0, 0.1) is 0 Å². The SMILES string of the molecule is COCCOCCC(CCc1ccc(OC)cc1)NN. The van der Waals surface area contributed by atoms with Crippen molar-refractivity contribution >= 4 is 0 Å². The van der Waals surface area contributed by atoms with Gasteiger partial charge in [0.25, 0.3) is 0 Å². The standard InChI is InChI=1S/C15H26N2O3/c1-18-11-12-20-10-9-14(17-16)6-3-13-4-7-15(19-2)8-5-13/h4-5,7-8,14,17H,3,6,9-12,16H2,1-2H3. The number of hydrazine groups is 1. The molecule has 0 aromatic heterocycles. The summed E-state index contributed by atoms with van der Waals surface area (Å²) in [4.78, 5) is 0. The second-order valence-electron chi connectivity index (χ2n) is 4.64. The number of benzene rings is 1. The highest BCUT2D eigenvalue weighted by Gasteiger charge is 2.07. The Bertz CT molecular complexity index is 343. The molecule has 1 unspecified atom stereocenters. The predicted molar refractivity (Wildman–Crippen MR) is 79.7 cm³/mol. The molecule has 1 atom stereocenters. The van der Waals surface area contributed by atoms with Gasteiger partial charge in [0.1, 0.15) is 5.75 Å². The highest BCUT2D eigenvalue weighted by molar-refractivity contribution is 5.27. The lowest BCUT2D eigenvalue weighted by molar-refractivity contribution is 0.0654. The lowest BCUT2D eigenvalue weighted by atomic mass is 10.0. The average Bonchev–Trinajstić information content (AvgIpc) is 2.50. The summed E-state index contributed by atoms with van der Waals surface area (Å²) in [6.07, 6.45) is 2.86. The van der Waals surface area contributed by atoms with Crippen molar-refractivity contribution in [3.05, 3.63) is 29.8 Å². The molecule has 1 rings (SSSR count). The molecule has 0 bridgehead atoms. The molecule has 0 heterocycles. The molecule has 0 amide bonds. The van der Waals surface area contributed by atoms with Gasteiger partial charge >= 0.3 is 0 Å². The van der Waals surface area contributed by atoms with Crippen LogP contribution >= 0.6 is 0 Å². The van der Waals surface area contributed by atoms with E-state index >= 15 is 0 Å². The molecular weight excluding hydrogens is 256 g/mol. The molecule has 0 aliphatic carbocycles. The Hall–Kier alpha value is -1.14. The van der Waals surface area contributed by atoms with Crippen molar-refractivity contribution in [1.29, 1.82) is 0 Å². The van der Waals surface area contributed by atoms with Crippen molar-refractivity contribution in [3.8, 4) is 5.75 Å². The van der Waals surface area contributed by atoms with E-state index in [9.17, 15) is 0 Å². The molecule has 1 aromatic rings. The van der Waals surface area contributed by atoms with Crippen LogP contribution in [-0.2, 0) is 15.9 Å². The monoisotopic (exact) mass is 282 g/mol. The summed E-state index contributed by atoms with van der Waals surface area (Å²) < 4.78 is 15.5. The minimum atomic E-state index is 0.264. The third-order valence-electron chi connectivity index (χ3n) is 3.22. The molecule has 114 valence electrons. The topological polar surface area (TPSA) is 65.7 Å². The molecule has 3 N–H and O–H groups in total. The summed E-state index contributed by atoms with van der Waals surface area (Å²) in [6, 6.07) is 8.39. The number of hydrogen-bond acceptors (Lipinski definition) is 5. The molecule has 5 heteroatoms. The first-order valence-corrected chi connectivity index (χ1v) is 6.96. The maximum absolute atomic E-state index is 5.57. The first kappa shape index (κ1) is 16.9. The van der Waals surface area contributed by atoms with Crippen molar-refractivity contribution in [1.82, 2.24) is 5.43 Å². The van der Waals surface area contributed by atoms with Crippen LogP contribution in [0.1, 0.15) is 18.4 Å². The van der Waals surface area contributed by atoms with Crippen LogP contribution in [0.2, 0.25) is 0 Å². The van der Waals surface area contributed by atoms with Gasteiger partial charge in [-0.25, -0.2) is 0 Å². The van der Waals surface area contributed by atoms with Crippen molar-refractivity contribution in [2.45, 2.75) is 25.3 Å². The third-order valence-corrected chi connectivity index (χ3v) is 3.22. The number of methoxy groups -OCH3 is 2. The average molecular weight is 282 g/mol. The van der Waals surface area contributed by atoms with Gasteiger partial charge in [0, 0.05) is 19.8 Å². The molecule has 0 fully saturated rings. The van der Waals surface area contributed by atoms with E-state index in [-0.39, 0.29) is 6.04 Å². The summed E-state index contributed by atoms with van der Waals surface area (Å²) in [5.74, 6) is 6.46. The van der Waals surface area contributed by atoms with Gasteiger partial charge in [-0.1, -0.05) is 12.1 Å². The number of aryl methyl sites for hydroxylation is 1. The van der Waals surface area contributed by atoms with Crippen LogP contribution in [0.15, 0.2) is 24.3 Å². The number of hydrogen-bond donors (Lipinski definition) is 2. The van der Waals surface area contributed by atoms with Crippen LogP contribution in [-0.4, -0.2) is 40.1 Å². The predicted octanol–water partition coefficient (Wildman–Crippen LogP) is 1.51. The molecule has 0 saturated heterocycles. The Kier molecular flexibility index (Phi) is 8.98. The van der Waals surface area contributed by atoms with E-state index in [1.807, 2.05) is 12.1 Å². The van der Waals surface area contributed by atoms with E-state index in [2.05, 4.69) is 17.6 Å². The van der Waals surface area contributed by atoms with Gasteiger partial charge in [-0.05, 0) is 37.0 Å². The Morgan fingerprint density at radius 1 is 1.05 bits per heavy atom. The fourth-order valence-electron chi connectivity index (χ4n) is 1.91. The minimum Gasteiger partial charge on any atom is -0.497 e. The van der Waals surface area contributed by atoms with Crippen molar-refractivity contribution in [3.63, 3.8) is 0 Å². The Morgan fingerprint density at radius 3 is 2.40 bits per heavy atom. The maximum Gasteiger partial charge on any atom is 0.118 e. The zero-order chi connectivity index (χ0) is 14.6. The first-order chi connectivity index (χ1) is 9.80. The Balaban J connectivity index is 2.22. The van der Waals surface area contributed by atoms with Crippen LogP contribution in [0.25, 0.3) is 0 Å². The van der Waals surface area contributed by atoms with Gasteiger partial charge in [-0.3, -0.25) is 11.3 Å². The van der Waals surface area contributed by atoms with Crippen LogP contribution in [0.4, 0.5) is 0 Å². The zero-order valence-electron chi connectivity index (χ0n) is 12.4. The van der Waals surface area contributed by atoms with Crippen LogP contribution in [0.3, 0.4) is 0 Å². The maximum atomic E-state index is 5.57. The van der Waals surface area contributed by atoms with Gasteiger partial charge in [0.2, 0.25) is 0 Å². The molecule has 0 spiro atoms. The Morgan fingerprint density at radius 2 is 1.80 bits per heavy atom. The third kappa shape index (κ3) is 6.86. The van der Waals surface area contributed by atoms with Gasteiger partial charge in [-0.2, -0.15) is 0 Å². The zero-order valence-corrected chi connectivity index (χ0v) is 12.4. The van der Waals surface area contributed by atoms with E-state index in [1.165, 1.54) is 5.56 Å². The highest BCUT2D eigenvalue weighted by Crippen LogP contribution is 2.13. The molecule has 0 aliphatic rings. The summed E-state index contributed by atoms with van der Waals surface area (Å²) in [5.41, 5.74) is 4.13. The molecule has 5 nitrogen and oxygen atoms in total. The minimum absolute atomic E-state index is 0.264. The second kappa shape index (κ2) is 10.6. The fourth-order valence-corrected chi connectivity index (χ4v) is 1.91. The number of rotatable bonds is 11. The van der Waals surface area contributed by atoms with Crippen molar-refractivity contribution in [2.75, 3.05) is 34.0 Å². The van der Waals surface area contributed by atoms with Crippen molar-refractivity contribution in [2.24, 2.45) is 5.84 Å². The van der Waals surface area contributed by atoms with Crippen LogP contribution in [0.5, 0.6) is 5.75 Å². The van der Waals surface area contributed by atoms with Gasteiger partial charge < -0.3 is 14.2 Å². The molecule has 0 aliphatic heterocycles. The van der Waals surface area contributed by atoms with Crippen molar-refractivity contribution < 1.29 is 14.2 Å². The molecule has 0 saturated carbocycles. The van der Waals surface area contributed by atoms with E-state index in [0.717, 1.165) is 25.0 Å². The molecule has 0 radical (unpaired) electrons. The largest absolute Gasteiger partial charge is 0.497 e. The lowest BCUT2D eigenvalue weighted by Gasteiger charge is -2.16. The van der Waals surface area contributed by atoms with Gasteiger partial charge in [0.15, 0.2) is 0 Å². The lowest BCUT2D eigenvalue weighted by Crippen LogP contribution is -2.36. The molecule has 1 aromatic carbocycles. The van der Waals surface area contributed by atoms with E-state index in [1.54, 1.807) is 14.2 Å².